The molecule has 0 spiro atoms. The van der Waals surface area contributed by atoms with Crippen molar-refractivity contribution in [2.75, 3.05) is 20.1 Å². The first-order valence-electron chi connectivity index (χ1n) is 6.04. The van der Waals surface area contributed by atoms with Crippen LogP contribution in [0.15, 0.2) is 18.2 Å². The third kappa shape index (κ3) is 2.73. The normalized spacial score (nSPS) is 16.2. The summed E-state index contributed by atoms with van der Waals surface area (Å²) in [5.74, 6) is -1.38. The van der Waals surface area contributed by atoms with Crippen LogP contribution in [0.4, 0.5) is 4.39 Å². The van der Waals surface area contributed by atoms with Gasteiger partial charge in [-0.15, -0.1) is 0 Å². The SMILES string of the molecule is CN1CCN(Cc2ccc(F)c(CN)c2)C(=O)C1=O. The lowest BCUT2D eigenvalue weighted by molar-refractivity contribution is -0.155. The molecule has 1 aliphatic heterocycles. The zero-order valence-electron chi connectivity index (χ0n) is 10.7. The van der Waals surface area contributed by atoms with Gasteiger partial charge in [0.25, 0.3) is 0 Å². The Bertz CT molecular complexity index is 519. The molecule has 6 heteroatoms. The van der Waals surface area contributed by atoms with Crippen LogP contribution in [0.25, 0.3) is 0 Å². The van der Waals surface area contributed by atoms with Crippen molar-refractivity contribution >= 4 is 11.8 Å². The number of nitrogens with zero attached hydrogens (tertiary/aromatic N) is 2. The summed E-state index contributed by atoms with van der Waals surface area (Å²) in [6.07, 6.45) is 0. The molecule has 1 aromatic rings. The van der Waals surface area contributed by atoms with Gasteiger partial charge in [-0.1, -0.05) is 6.07 Å². The number of rotatable bonds is 3. The molecule has 19 heavy (non-hydrogen) atoms. The zero-order chi connectivity index (χ0) is 14.0. The molecule has 2 N–H and O–H groups in total. The molecule has 0 bridgehead atoms. The maximum atomic E-state index is 13.3. The van der Waals surface area contributed by atoms with Gasteiger partial charge >= 0.3 is 11.8 Å². The molecule has 0 aromatic heterocycles. The number of amides is 2. The highest BCUT2D eigenvalue weighted by molar-refractivity contribution is 6.35. The maximum Gasteiger partial charge on any atom is 0.312 e. The van der Waals surface area contributed by atoms with E-state index in [9.17, 15) is 14.0 Å². The van der Waals surface area contributed by atoms with Gasteiger partial charge in [-0.25, -0.2) is 4.39 Å². The van der Waals surface area contributed by atoms with E-state index in [1.54, 1.807) is 19.2 Å². The number of hydrogen-bond acceptors (Lipinski definition) is 3. The molecule has 0 atom stereocenters. The van der Waals surface area contributed by atoms with E-state index in [1.807, 2.05) is 0 Å². The van der Waals surface area contributed by atoms with Gasteiger partial charge in [0, 0.05) is 38.8 Å². The van der Waals surface area contributed by atoms with Crippen LogP contribution in [-0.2, 0) is 22.7 Å². The average molecular weight is 265 g/mol. The molecular formula is C13H16FN3O2. The van der Waals surface area contributed by atoms with Crippen LogP contribution in [-0.4, -0.2) is 41.8 Å². The summed E-state index contributed by atoms with van der Waals surface area (Å²) in [5.41, 5.74) is 6.62. The van der Waals surface area contributed by atoms with Crippen LogP contribution < -0.4 is 5.73 Å². The van der Waals surface area contributed by atoms with E-state index in [-0.39, 0.29) is 12.4 Å². The molecular weight excluding hydrogens is 249 g/mol. The lowest BCUT2D eigenvalue weighted by atomic mass is 10.1. The first kappa shape index (κ1) is 13.5. The Hall–Kier alpha value is -1.95. The van der Waals surface area contributed by atoms with Crippen LogP contribution in [0, 0.1) is 5.82 Å². The topological polar surface area (TPSA) is 66.6 Å². The average Bonchev–Trinajstić information content (AvgIpc) is 2.41. The Kier molecular flexibility index (Phi) is 3.80. The minimum atomic E-state index is -0.521. The first-order chi connectivity index (χ1) is 9.02. The van der Waals surface area contributed by atoms with Gasteiger partial charge in [-0.2, -0.15) is 0 Å². The Morgan fingerprint density at radius 3 is 2.68 bits per heavy atom. The molecule has 1 aromatic carbocycles. The second-order valence-corrected chi connectivity index (χ2v) is 4.58. The van der Waals surface area contributed by atoms with Crippen LogP contribution >= 0.6 is 0 Å². The standard InChI is InChI=1S/C13H16FN3O2/c1-16-4-5-17(13(19)12(16)18)8-9-2-3-11(14)10(6-9)7-15/h2-3,6H,4-5,7-8,15H2,1H3. The minimum absolute atomic E-state index is 0.106. The van der Waals surface area contributed by atoms with Crippen molar-refractivity contribution in [3.8, 4) is 0 Å². The molecule has 1 fully saturated rings. The van der Waals surface area contributed by atoms with Crippen LogP contribution in [0.5, 0.6) is 0 Å². The summed E-state index contributed by atoms with van der Waals surface area (Å²) in [5, 5.41) is 0. The Morgan fingerprint density at radius 2 is 2.00 bits per heavy atom. The van der Waals surface area contributed by atoms with E-state index in [4.69, 9.17) is 5.73 Å². The van der Waals surface area contributed by atoms with Gasteiger partial charge in [0.1, 0.15) is 5.82 Å². The van der Waals surface area contributed by atoms with E-state index < -0.39 is 11.8 Å². The molecule has 0 radical (unpaired) electrons. The van der Waals surface area contributed by atoms with Gasteiger partial charge in [-0.3, -0.25) is 9.59 Å². The van der Waals surface area contributed by atoms with Gasteiger partial charge in [0.2, 0.25) is 0 Å². The molecule has 1 heterocycles. The molecule has 5 nitrogen and oxygen atoms in total. The van der Waals surface area contributed by atoms with Crippen molar-refractivity contribution in [3.63, 3.8) is 0 Å². The predicted octanol–water partition coefficient (Wildman–Crippen LogP) is 0.0850. The fourth-order valence-electron chi connectivity index (χ4n) is 2.03. The summed E-state index contributed by atoms with van der Waals surface area (Å²) < 4.78 is 13.3. The Balaban J connectivity index is 2.13. The molecule has 2 rings (SSSR count). The van der Waals surface area contributed by atoms with Gasteiger partial charge in [-0.05, 0) is 17.7 Å². The summed E-state index contributed by atoms with van der Waals surface area (Å²) in [6, 6.07) is 4.57. The molecule has 1 aliphatic rings. The number of carbonyl (C=O) groups is 2. The zero-order valence-corrected chi connectivity index (χ0v) is 10.7. The third-order valence-corrected chi connectivity index (χ3v) is 3.23. The van der Waals surface area contributed by atoms with E-state index in [1.165, 1.54) is 15.9 Å². The van der Waals surface area contributed by atoms with E-state index in [2.05, 4.69) is 0 Å². The Morgan fingerprint density at radius 1 is 1.26 bits per heavy atom. The highest BCUT2D eigenvalue weighted by atomic mass is 19.1. The molecule has 0 unspecified atom stereocenters. The summed E-state index contributed by atoms with van der Waals surface area (Å²) in [7, 11) is 1.60. The van der Waals surface area contributed by atoms with Gasteiger partial charge in [0.05, 0.1) is 0 Å². The predicted molar refractivity (Wildman–Crippen MR) is 67.3 cm³/mol. The summed E-state index contributed by atoms with van der Waals surface area (Å²) in [6.45, 7) is 1.40. The molecule has 1 saturated heterocycles. The van der Waals surface area contributed by atoms with Crippen LogP contribution in [0.3, 0.4) is 0 Å². The van der Waals surface area contributed by atoms with Crippen molar-refractivity contribution in [2.24, 2.45) is 5.73 Å². The lowest BCUT2D eigenvalue weighted by Gasteiger charge is -2.31. The molecule has 102 valence electrons. The minimum Gasteiger partial charge on any atom is -0.336 e. The number of hydrogen-bond donors (Lipinski definition) is 1. The maximum absolute atomic E-state index is 13.3. The first-order valence-corrected chi connectivity index (χ1v) is 6.04. The van der Waals surface area contributed by atoms with E-state index >= 15 is 0 Å². The summed E-state index contributed by atoms with van der Waals surface area (Å²) >= 11 is 0. The smallest absolute Gasteiger partial charge is 0.312 e. The van der Waals surface area contributed by atoms with Crippen LogP contribution in [0.2, 0.25) is 0 Å². The fraction of sp³-hybridized carbons (Fsp3) is 0.385. The fourth-order valence-corrected chi connectivity index (χ4v) is 2.03. The number of halogens is 1. The second-order valence-electron chi connectivity index (χ2n) is 4.58. The van der Waals surface area contributed by atoms with Crippen molar-refractivity contribution in [2.45, 2.75) is 13.1 Å². The van der Waals surface area contributed by atoms with Crippen molar-refractivity contribution < 1.29 is 14.0 Å². The molecule has 2 amide bonds. The summed E-state index contributed by atoms with van der Waals surface area (Å²) in [4.78, 5) is 26.2. The van der Waals surface area contributed by atoms with Crippen molar-refractivity contribution in [1.82, 2.24) is 9.80 Å². The second kappa shape index (κ2) is 5.36. The largest absolute Gasteiger partial charge is 0.336 e. The molecule has 0 aliphatic carbocycles. The number of piperazine rings is 1. The quantitative estimate of drug-likeness (QED) is 0.787. The highest BCUT2D eigenvalue weighted by Gasteiger charge is 2.30. The number of nitrogens with two attached hydrogens (primary N) is 1. The highest BCUT2D eigenvalue weighted by Crippen LogP contribution is 2.14. The third-order valence-electron chi connectivity index (χ3n) is 3.23. The van der Waals surface area contributed by atoms with E-state index in [0.29, 0.717) is 25.2 Å². The monoisotopic (exact) mass is 265 g/mol. The number of carbonyl (C=O) groups excluding carboxylic acids is 2. The van der Waals surface area contributed by atoms with Crippen LogP contribution in [0.1, 0.15) is 11.1 Å². The number of benzene rings is 1. The molecule has 0 saturated carbocycles. The Labute approximate surface area is 110 Å². The van der Waals surface area contributed by atoms with Crippen molar-refractivity contribution in [3.05, 3.63) is 35.1 Å². The lowest BCUT2D eigenvalue weighted by Crippen LogP contribution is -2.52. The van der Waals surface area contributed by atoms with E-state index in [0.717, 1.165) is 5.56 Å². The van der Waals surface area contributed by atoms with Crippen molar-refractivity contribution in [1.29, 1.82) is 0 Å². The number of likely N-dealkylation sites (N-methyl/N-ethyl adjacent to an activating group) is 1. The van der Waals surface area contributed by atoms with Gasteiger partial charge < -0.3 is 15.5 Å². The van der Waals surface area contributed by atoms with Gasteiger partial charge in [0.15, 0.2) is 0 Å².